The van der Waals surface area contributed by atoms with Crippen molar-refractivity contribution in [2.24, 2.45) is 0 Å². The van der Waals surface area contributed by atoms with E-state index in [0.29, 0.717) is 0 Å². The van der Waals surface area contributed by atoms with Gasteiger partial charge in [-0.05, 0) is 48.7 Å². The summed E-state index contributed by atoms with van der Waals surface area (Å²) in [6.07, 6.45) is 2.78. The van der Waals surface area contributed by atoms with Crippen molar-refractivity contribution in [3.05, 3.63) is 71.4 Å². The summed E-state index contributed by atoms with van der Waals surface area (Å²) < 4.78 is 5.32. The molecule has 3 aromatic rings. The van der Waals surface area contributed by atoms with Crippen molar-refractivity contribution in [3.63, 3.8) is 0 Å². The van der Waals surface area contributed by atoms with Gasteiger partial charge in [0, 0.05) is 11.6 Å². The molecule has 3 rings (SSSR count). The van der Waals surface area contributed by atoms with Gasteiger partial charge in [0.15, 0.2) is 0 Å². The molecular weight excluding hydrogens is 246 g/mol. The topological polar surface area (TPSA) is 22.1 Å². The lowest BCUT2D eigenvalue weighted by atomic mass is 10.0. The predicted molar refractivity (Wildman–Crippen MR) is 82.3 cm³/mol. The molecule has 1 aromatic heterocycles. The van der Waals surface area contributed by atoms with Gasteiger partial charge < -0.3 is 4.74 Å². The van der Waals surface area contributed by atoms with Crippen molar-refractivity contribution in [1.29, 1.82) is 0 Å². The lowest BCUT2D eigenvalue weighted by Gasteiger charge is -2.08. The maximum Gasteiger partial charge on any atom is 0.119 e. The normalized spacial score (nSPS) is 10.7. The summed E-state index contributed by atoms with van der Waals surface area (Å²) in [5, 5.41) is 1.16. The highest BCUT2D eigenvalue weighted by molar-refractivity contribution is 5.83. The van der Waals surface area contributed by atoms with Gasteiger partial charge in [-0.1, -0.05) is 29.8 Å². The van der Waals surface area contributed by atoms with Gasteiger partial charge >= 0.3 is 0 Å². The highest BCUT2D eigenvalue weighted by Gasteiger charge is 2.05. The third-order valence-corrected chi connectivity index (χ3v) is 3.55. The number of pyridine rings is 1. The molecule has 0 bridgehead atoms. The molecular formula is C18H17NO. The fourth-order valence-electron chi connectivity index (χ4n) is 2.39. The van der Waals surface area contributed by atoms with Crippen LogP contribution in [-0.4, -0.2) is 12.1 Å². The van der Waals surface area contributed by atoms with Crippen LogP contribution in [0.15, 0.2) is 54.7 Å². The van der Waals surface area contributed by atoms with E-state index in [0.717, 1.165) is 23.1 Å². The maximum absolute atomic E-state index is 5.32. The average molecular weight is 263 g/mol. The molecule has 0 radical (unpaired) electrons. The standard InChI is InChI=1S/C18H17NO/c1-13-3-5-14(6-4-13)11-15-9-10-19-18-8-7-16(20-2)12-17(15)18/h3-10,12H,11H2,1-2H3. The van der Waals surface area contributed by atoms with Crippen LogP contribution in [0.2, 0.25) is 0 Å². The molecule has 0 N–H and O–H groups in total. The molecule has 0 atom stereocenters. The first-order valence-electron chi connectivity index (χ1n) is 6.73. The van der Waals surface area contributed by atoms with Gasteiger partial charge in [-0.25, -0.2) is 0 Å². The number of rotatable bonds is 3. The molecule has 2 nitrogen and oxygen atoms in total. The molecule has 2 aromatic carbocycles. The van der Waals surface area contributed by atoms with Crippen molar-refractivity contribution in [3.8, 4) is 5.75 Å². The number of methoxy groups -OCH3 is 1. The van der Waals surface area contributed by atoms with Gasteiger partial charge in [0.1, 0.15) is 5.75 Å². The number of hydrogen-bond donors (Lipinski definition) is 0. The van der Waals surface area contributed by atoms with Gasteiger partial charge in [0.25, 0.3) is 0 Å². The number of aromatic nitrogens is 1. The molecule has 20 heavy (non-hydrogen) atoms. The molecule has 0 saturated heterocycles. The monoisotopic (exact) mass is 263 g/mol. The second kappa shape index (κ2) is 5.33. The van der Waals surface area contributed by atoms with Crippen LogP contribution in [0.5, 0.6) is 5.75 Å². The highest BCUT2D eigenvalue weighted by Crippen LogP contribution is 2.24. The summed E-state index contributed by atoms with van der Waals surface area (Å²) >= 11 is 0. The fourth-order valence-corrected chi connectivity index (χ4v) is 2.39. The zero-order valence-electron chi connectivity index (χ0n) is 11.8. The van der Waals surface area contributed by atoms with Crippen LogP contribution in [0.1, 0.15) is 16.7 Å². The minimum absolute atomic E-state index is 0.871. The lowest BCUT2D eigenvalue weighted by Crippen LogP contribution is -1.92. The van der Waals surface area contributed by atoms with E-state index in [-0.39, 0.29) is 0 Å². The molecule has 0 fully saturated rings. The van der Waals surface area contributed by atoms with Gasteiger partial charge in [-0.15, -0.1) is 0 Å². The second-order valence-corrected chi connectivity index (χ2v) is 5.02. The largest absolute Gasteiger partial charge is 0.497 e. The Bertz CT molecular complexity index is 732. The van der Waals surface area contributed by atoms with Gasteiger partial charge in [0.05, 0.1) is 12.6 Å². The first-order valence-corrected chi connectivity index (χ1v) is 6.73. The third kappa shape index (κ3) is 2.50. The first kappa shape index (κ1) is 12.7. The third-order valence-electron chi connectivity index (χ3n) is 3.55. The van der Waals surface area contributed by atoms with E-state index in [2.05, 4.69) is 48.3 Å². The van der Waals surface area contributed by atoms with Crippen molar-refractivity contribution >= 4 is 10.9 Å². The molecule has 0 unspecified atom stereocenters. The summed E-state index contributed by atoms with van der Waals surface area (Å²) in [5.41, 5.74) is 4.88. The zero-order chi connectivity index (χ0) is 13.9. The Morgan fingerprint density at radius 3 is 2.55 bits per heavy atom. The van der Waals surface area contributed by atoms with Crippen LogP contribution in [0, 0.1) is 6.92 Å². The van der Waals surface area contributed by atoms with Crippen molar-refractivity contribution in [2.75, 3.05) is 7.11 Å². The molecule has 1 heterocycles. The molecule has 100 valence electrons. The molecule has 0 spiro atoms. The van der Waals surface area contributed by atoms with E-state index in [1.165, 1.54) is 16.7 Å². The highest BCUT2D eigenvalue weighted by atomic mass is 16.5. The molecule has 0 aliphatic carbocycles. The maximum atomic E-state index is 5.32. The Morgan fingerprint density at radius 1 is 1.00 bits per heavy atom. The quantitative estimate of drug-likeness (QED) is 0.708. The SMILES string of the molecule is COc1ccc2nccc(Cc3ccc(C)cc3)c2c1. The van der Waals surface area contributed by atoms with E-state index in [1.807, 2.05) is 18.3 Å². The summed E-state index contributed by atoms with van der Waals surface area (Å²) in [5.74, 6) is 0.871. The van der Waals surface area contributed by atoms with Crippen molar-refractivity contribution in [2.45, 2.75) is 13.3 Å². The minimum Gasteiger partial charge on any atom is -0.497 e. The number of nitrogens with zero attached hydrogens (tertiary/aromatic N) is 1. The number of aryl methyl sites for hydroxylation is 1. The minimum atomic E-state index is 0.871. The van der Waals surface area contributed by atoms with Crippen LogP contribution in [0.25, 0.3) is 10.9 Å². The van der Waals surface area contributed by atoms with Crippen LogP contribution < -0.4 is 4.74 Å². The smallest absolute Gasteiger partial charge is 0.119 e. The van der Waals surface area contributed by atoms with Crippen LogP contribution in [-0.2, 0) is 6.42 Å². The molecule has 2 heteroatoms. The predicted octanol–water partition coefficient (Wildman–Crippen LogP) is 4.14. The van der Waals surface area contributed by atoms with Crippen molar-refractivity contribution < 1.29 is 4.74 Å². The Kier molecular flexibility index (Phi) is 3.38. The molecule has 0 amide bonds. The molecule has 0 aliphatic heterocycles. The molecule has 0 aliphatic rings. The first-order chi connectivity index (χ1) is 9.76. The van der Waals surface area contributed by atoms with Crippen molar-refractivity contribution in [1.82, 2.24) is 4.98 Å². The lowest BCUT2D eigenvalue weighted by molar-refractivity contribution is 0.415. The summed E-state index contributed by atoms with van der Waals surface area (Å²) in [4.78, 5) is 4.42. The van der Waals surface area contributed by atoms with Gasteiger partial charge in [-0.3, -0.25) is 4.98 Å². The second-order valence-electron chi connectivity index (χ2n) is 5.02. The van der Waals surface area contributed by atoms with E-state index in [9.17, 15) is 0 Å². The zero-order valence-corrected chi connectivity index (χ0v) is 11.8. The number of benzene rings is 2. The van der Waals surface area contributed by atoms with E-state index in [4.69, 9.17) is 4.74 Å². The number of fused-ring (bicyclic) bond motifs is 1. The summed E-state index contributed by atoms with van der Waals surface area (Å²) in [6.45, 7) is 2.11. The van der Waals surface area contributed by atoms with Gasteiger partial charge in [-0.2, -0.15) is 0 Å². The summed E-state index contributed by atoms with van der Waals surface area (Å²) in [6, 6.07) is 16.8. The average Bonchev–Trinajstić information content (AvgIpc) is 2.49. The Labute approximate surface area is 119 Å². The number of ether oxygens (including phenoxy) is 1. The fraction of sp³-hybridized carbons (Fsp3) is 0.167. The van der Waals surface area contributed by atoms with E-state index >= 15 is 0 Å². The number of hydrogen-bond acceptors (Lipinski definition) is 2. The Morgan fingerprint density at radius 2 is 1.80 bits per heavy atom. The van der Waals surface area contributed by atoms with Crippen LogP contribution in [0.4, 0.5) is 0 Å². The Balaban J connectivity index is 2.04. The van der Waals surface area contributed by atoms with E-state index in [1.54, 1.807) is 7.11 Å². The van der Waals surface area contributed by atoms with Gasteiger partial charge in [0.2, 0.25) is 0 Å². The Hall–Kier alpha value is -2.35. The van der Waals surface area contributed by atoms with Crippen LogP contribution in [0.3, 0.4) is 0 Å². The van der Waals surface area contributed by atoms with E-state index < -0.39 is 0 Å². The molecule has 0 saturated carbocycles. The van der Waals surface area contributed by atoms with Crippen LogP contribution >= 0.6 is 0 Å². The summed E-state index contributed by atoms with van der Waals surface area (Å²) in [7, 11) is 1.69.